The number of rotatable bonds is 7. The SMILES string of the molecule is C[C@@H](NCC1CCN(C(=O)c2ccc(C(=O)O)s2)CC1c1cccc(F)c1)c1cccc2ccccc12.Cl. The number of likely N-dealkylation sites (tertiary alicyclic amines) is 1. The van der Waals surface area contributed by atoms with Gasteiger partial charge in [-0.15, -0.1) is 23.7 Å². The summed E-state index contributed by atoms with van der Waals surface area (Å²) in [6.45, 7) is 3.92. The number of piperidine rings is 1. The minimum absolute atomic E-state index is 0. The Bertz CT molecular complexity index is 1440. The summed E-state index contributed by atoms with van der Waals surface area (Å²) in [6, 6.07) is 24.5. The first-order valence-electron chi connectivity index (χ1n) is 12.5. The Hall–Kier alpha value is -3.26. The molecule has 5 rings (SSSR count). The zero-order valence-corrected chi connectivity index (χ0v) is 22.6. The van der Waals surface area contributed by atoms with E-state index in [1.807, 2.05) is 12.1 Å². The largest absolute Gasteiger partial charge is 0.477 e. The van der Waals surface area contributed by atoms with Crippen LogP contribution in [-0.2, 0) is 0 Å². The van der Waals surface area contributed by atoms with Crippen molar-refractivity contribution in [1.82, 2.24) is 10.2 Å². The Labute approximate surface area is 231 Å². The molecule has 3 aromatic carbocycles. The second-order valence-corrected chi connectivity index (χ2v) is 10.7. The highest BCUT2D eigenvalue weighted by atomic mass is 35.5. The van der Waals surface area contributed by atoms with Crippen molar-refractivity contribution in [3.05, 3.63) is 106 Å². The van der Waals surface area contributed by atoms with Crippen molar-refractivity contribution in [2.24, 2.45) is 5.92 Å². The first-order chi connectivity index (χ1) is 17.9. The van der Waals surface area contributed by atoms with E-state index in [9.17, 15) is 19.1 Å². The molecule has 8 heteroatoms. The quantitative estimate of drug-likeness (QED) is 0.266. The minimum Gasteiger partial charge on any atom is -0.477 e. The Kier molecular flexibility index (Phi) is 8.82. The maximum atomic E-state index is 14.2. The predicted octanol–water partition coefficient (Wildman–Crippen LogP) is 6.76. The van der Waals surface area contributed by atoms with E-state index in [0.29, 0.717) is 18.0 Å². The van der Waals surface area contributed by atoms with Gasteiger partial charge in [0, 0.05) is 25.0 Å². The number of nitrogens with zero attached hydrogens (tertiary/aromatic N) is 1. The summed E-state index contributed by atoms with van der Waals surface area (Å²) in [5, 5.41) is 15.4. The van der Waals surface area contributed by atoms with Gasteiger partial charge in [0.1, 0.15) is 10.7 Å². The van der Waals surface area contributed by atoms with Crippen LogP contribution in [0.5, 0.6) is 0 Å². The average molecular weight is 553 g/mol. The fourth-order valence-electron chi connectivity index (χ4n) is 5.33. The number of carboxylic acid groups (broad SMARTS) is 1. The number of nitrogens with one attached hydrogen (secondary N) is 1. The number of hydrogen-bond donors (Lipinski definition) is 2. The van der Waals surface area contributed by atoms with E-state index in [0.717, 1.165) is 29.9 Å². The van der Waals surface area contributed by atoms with Gasteiger partial charge in [0.25, 0.3) is 5.91 Å². The molecule has 0 spiro atoms. The van der Waals surface area contributed by atoms with Crippen LogP contribution in [0.25, 0.3) is 10.8 Å². The summed E-state index contributed by atoms with van der Waals surface area (Å²) in [5.74, 6) is -1.33. The molecule has 38 heavy (non-hydrogen) atoms. The third-order valence-corrected chi connectivity index (χ3v) is 8.38. The number of halogens is 2. The molecule has 3 atom stereocenters. The predicted molar refractivity (Wildman–Crippen MR) is 152 cm³/mol. The maximum Gasteiger partial charge on any atom is 0.345 e. The molecule has 4 aromatic rings. The highest BCUT2D eigenvalue weighted by molar-refractivity contribution is 7.15. The van der Waals surface area contributed by atoms with Gasteiger partial charge in [0.2, 0.25) is 0 Å². The van der Waals surface area contributed by atoms with Crippen molar-refractivity contribution in [3.8, 4) is 0 Å². The van der Waals surface area contributed by atoms with Gasteiger partial charge in [0.05, 0.1) is 4.88 Å². The van der Waals surface area contributed by atoms with E-state index < -0.39 is 5.97 Å². The van der Waals surface area contributed by atoms with Gasteiger partial charge < -0.3 is 15.3 Å². The summed E-state index contributed by atoms with van der Waals surface area (Å²) < 4.78 is 14.2. The number of thiophene rings is 1. The van der Waals surface area contributed by atoms with E-state index in [4.69, 9.17) is 0 Å². The zero-order chi connectivity index (χ0) is 25.9. The molecule has 1 amide bonds. The normalized spacial score (nSPS) is 18.1. The molecular weight excluding hydrogens is 523 g/mol. The Morgan fingerprint density at radius 2 is 1.79 bits per heavy atom. The number of hydrogen-bond acceptors (Lipinski definition) is 4. The lowest BCUT2D eigenvalue weighted by atomic mass is 9.80. The van der Waals surface area contributed by atoms with Crippen molar-refractivity contribution >= 4 is 46.4 Å². The van der Waals surface area contributed by atoms with Crippen LogP contribution < -0.4 is 5.32 Å². The Morgan fingerprint density at radius 3 is 2.55 bits per heavy atom. The number of carbonyl (C=O) groups excluding carboxylic acids is 1. The summed E-state index contributed by atoms with van der Waals surface area (Å²) in [4.78, 5) is 26.8. The van der Waals surface area contributed by atoms with Gasteiger partial charge in [-0.3, -0.25) is 4.79 Å². The van der Waals surface area contributed by atoms with Crippen molar-refractivity contribution in [3.63, 3.8) is 0 Å². The van der Waals surface area contributed by atoms with Crippen molar-refractivity contribution in [1.29, 1.82) is 0 Å². The second kappa shape index (κ2) is 12.1. The molecule has 5 nitrogen and oxygen atoms in total. The van der Waals surface area contributed by atoms with Crippen LogP contribution >= 0.6 is 23.7 Å². The van der Waals surface area contributed by atoms with Gasteiger partial charge in [0.15, 0.2) is 0 Å². The first-order valence-corrected chi connectivity index (χ1v) is 13.3. The molecule has 0 aliphatic carbocycles. The number of aromatic carboxylic acids is 1. The van der Waals surface area contributed by atoms with E-state index in [1.54, 1.807) is 23.1 Å². The highest BCUT2D eigenvalue weighted by Gasteiger charge is 2.34. The Balaban J connectivity index is 0.00000336. The summed E-state index contributed by atoms with van der Waals surface area (Å²) >= 11 is 0.993. The van der Waals surface area contributed by atoms with E-state index >= 15 is 0 Å². The van der Waals surface area contributed by atoms with Crippen LogP contribution in [0, 0.1) is 11.7 Å². The monoisotopic (exact) mass is 552 g/mol. The van der Waals surface area contributed by atoms with Gasteiger partial charge in [-0.2, -0.15) is 0 Å². The average Bonchev–Trinajstić information content (AvgIpc) is 3.42. The second-order valence-electron chi connectivity index (χ2n) is 9.63. The molecule has 2 N–H and O–H groups in total. The van der Waals surface area contributed by atoms with Gasteiger partial charge in [-0.1, -0.05) is 54.6 Å². The number of fused-ring (bicyclic) bond motifs is 1. The van der Waals surface area contributed by atoms with Crippen LogP contribution in [-0.4, -0.2) is 41.5 Å². The van der Waals surface area contributed by atoms with E-state index in [1.165, 1.54) is 28.5 Å². The van der Waals surface area contributed by atoms with Crippen LogP contribution in [0.2, 0.25) is 0 Å². The lowest BCUT2D eigenvalue weighted by Crippen LogP contribution is -2.45. The van der Waals surface area contributed by atoms with Crippen molar-refractivity contribution in [2.45, 2.75) is 25.3 Å². The van der Waals surface area contributed by atoms with Gasteiger partial charge >= 0.3 is 5.97 Å². The molecular formula is C30H30ClFN2O3S. The molecule has 1 aliphatic rings. The zero-order valence-electron chi connectivity index (χ0n) is 21.0. The fraction of sp³-hybridized carbons (Fsp3) is 0.267. The molecule has 198 valence electrons. The summed E-state index contributed by atoms with van der Waals surface area (Å²) in [7, 11) is 0. The lowest BCUT2D eigenvalue weighted by molar-refractivity contribution is 0.0661. The smallest absolute Gasteiger partial charge is 0.345 e. The van der Waals surface area contributed by atoms with Crippen LogP contribution in [0.1, 0.15) is 55.8 Å². The fourth-order valence-corrected chi connectivity index (χ4v) is 6.15. The molecule has 2 unspecified atom stereocenters. The third-order valence-electron chi connectivity index (χ3n) is 7.32. The highest BCUT2D eigenvalue weighted by Crippen LogP contribution is 2.34. The molecule has 2 heterocycles. The number of carbonyl (C=O) groups is 2. The van der Waals surface area contributed by atoms with Gasteiger partial charge in [-0.25, -0.2) is 9.18 Å². The molecule has 0 radical (unpaired) electrons. The maximum absolute atomic E-state index is 14.2. The number of carboxylic acids is 1. The molecule has 1 aromatic heterocycles. The molecule has 0 saturated carbocycles. The topological polar surface area (TPSA) is 69.6 Å². The summed E-state index contributed by atoms with van der Waals surface area (Å²) in [5.41, 5.74) is 2.11. The molecule has 1 fully saturated rings. The van der Waals surface area contributed by atoms with Crippen LogP contribution in [0.3, 0.4) is 0 Å². The number of amides is 1. The molecule has 0 bridgehead atoms. The molecule has 1 saturated heterocycles. The Morgan fingerprint density at radius 1 is 1.05 bits per heavy atom. The standard InChI is InChI=1S/C30H29FN2O3S.ClH/c1-19(24-11-5-7-20-6-2-3-10-25(20)24)32-17-22-14-15-33(18-26(22)21-8-4-9-23(31)16-21)29(34)27-12-13-28(37-27)30(35)36;/h2-13,16,19,22,26,32H,14-15,17-18H2,1H3,(H,35,36);1H/t19-,22?,26?;/m1./s1. The van der Waals surface area contributed by atoms with Crippen LogP contribution in [0.15, 0.2) is 78.9 Å². The van der Waals surface area contributed by atoms with Crippen molar-refractivity contribution in [2.75, 3.05) is 19.6 Å². The number of benzene rings is 3. The molecule has 1 aliphatic heterocycles. The third kappa shape index (κ3) is 5.90. The first kappa shape index (κ1) is 27.8. The minimum atomic E-state index is -1.04. The van der Waals surface area contributed by atoms with E-state index in [2.05, 4.69) is 48.6 Å². The van der Waals surface area contributed by atoms with Crippen molar-refractivity contribution < 1.29 is 19.1 Å². The van der Waals surface area contributed by atoms with Gasteiger partial charge in [-0.05, 0) is 72.0 Å². The van der Waals surface area contributed by atoms with Crippen LogP contribution in [0.4, 0.5) is 4.39 Å². The van der Waals surface area contributed by atoms with E-state index in [-0.39, 0.29) is 46.9 Å². The summed E-state index contributed by atoms with van der Waals surface area (Å²) in [6.07, 6.45) is 0.763. The lowest BCUT2D eigenvalue weighted by Gasteiger charge is -2.39.